The molecule has 0 saturated heterocycles. The van der Waals surface area contributed by atoms with E-state index in [0.717, 1.165) is 0 Å². The third-order valence-corrected chi connectivity index (χ3v) is 7.07. The number of alkyl halides is 1. The molecular formula is C19H37ClSi. The van der Waals surface area contributed by atoms with Crippen LogP contribution in [0.5, 0.6) is 0 Å². The summed E-state index contributed by atoms with van der Waals surface area (Å²) in [5.74, 6) is 0. The van der Waals surface area contributed by atoms with E-state index in [1.807, 2.05) is 0 Å². The molecule has 1 atom stereocenters. The van der Waals surface area contributed by atoms with Gasteiger partial charge in [0.2, 0.25) is 0 Å². The van der Waals surface area contributed by atoms with Gasteiger partial charge in [-0.25, -0.2) is 0 Å². The summed E-state index contributed by atoms with van der Waals surface area (Å²) in [6, 6.07) is 1.33. The van der Waals surface area contributed by atoms with Crippen molar-refractivity contribution in [2.75, 3.05) is 0 Å². The molecule has 124 valence electrons. The van der Waals surface area contributed by atoms with Crippen LogP contribution in [0.15, 0.2) is 12.2 Å². The summed E-state index contributed by atoms with van der Waals surface area (Å²) < 4.78 is 0. The molecule has 0 spiro atoms. The van der Waals surface area contributed by atoms with Crippen molar-refractivity contribution in [3.8, 4) is 0 Å². The van der Waals surface area contributed by atoms with Gasteiger partial charge < -0.3 is 0 Å². The first-order valence-electron chi connectivity index (χ1n) is 9.46. The Morgan fingerprint density at radius 1 is 0.762 bits per heavy atom. The van der Waals surface area contributed by atoms with E-state index in [0.29, 0.717) is 0 Å². The summed E-state index contributed by atoms with van der Waals surface area (Å²) in [7, 11) is -0.562. The minimum atomic E-state index is -0.562. The third-order valence-electron chi connectivity index (χ3n) is 4.68. The van der Waals surface area contributed by atoms with Crippen LogP contribution in [0.4, 0.5) is 0 Å². The zero-order valence-electron chi connectivity index (χ0n) is 14.5. The maximum atomic E-state index is 7.02. The lowest BCUT2D eigenvalue weighted by Crippen LogP contribution is -2.26. The van der Waals surface area contributed by atoms with E-state index in [1.54, 1.807) is 0 Å². The number of halogens is 1. The lowest BCUT2D eigenvalue weighted by Gasteiger charge is -2.29. The van der Waals surface area contributed by atoms with Gasteiger partial charge in [-0.05, 0) is 44.6 Å². The van der Waals surface area contributed by atoms with E-state index in [-0.39, 0.29) is 4.87 Å². The molecule has 1 aliphatic carbocycles. The summed E-state index contributed by atoms with van der Waals surface area (Å²) >= 11 is 7.02. The molecule has 0 aliphatic heterocycles. The maximum absolute atomic E-state index is 7.02. The molecule has 0 amide bonds. The molecule has 0 aromatic carbocycles. The smallest absolute Gasteiger partial charge is 0.0421 e. The Bertz CT molecular complexity index is 275. The van der Waals surface area contributed by atoms with Gasteiger partial charge >= 0.3 is 0 Å². The average molecular weight is 329 g/mol. The first-order valence-corrected chi connectivity index (χ1v) is 13.0. The van der Waals surface area contributed by atoms with Crippen molar-refractivity contribution < 1.29 is 0 Å². The molecule has 0 heterocycles. The van der Waals surface area contributed by atoms with Crippen LogP contribution in [-0.2, 0) is 0 Å². The van der Waals surface area contributed by atoms with Gasteiger partial charge in [0.15, 0.2) is 0 Å². The maximum Gasteiger partial charge on any atom is 0.0421 e. The van der Waals surface area contributed by atoms with Crippen molar-refractivity contribution in [3.05, 3.63) is 12.2 Å². The van der Waals surface area contributed by atoms with Crippen LogP contribution < -0.4 is 0 Å². The van der Waals surface area contributed by atoms with Crippen molar-refractivity contribution in [3.63, 3.8) is 0 Å². The molecule has 1 unspecified atom stereocenters. The van der Waals surface area contributed by atoms with Crippen molar-refractivity contribution in [2.45, 2.75) is 107 Å². The highest BCUT2D eigenvalue weighted by Crippen LogP contribution is 2.35. The van der Waals surface area contributed by atoms with E-state index >= 15 is 0 Å². The van der Waals surface area contributed by atoms with Gasteiger partial charge in [0.25, 0.3) is 0 Å². The Morgan fingerprint density at radius 2 is 1.19 bits per heavy atom. The molecule has 0 saturated carbocycles. The summed E-state index contributed by atoms with van der Waals surface area (Å²) in [5, 5.41) is 0. The zero-order chi connectivity index (χ0) is 15.4. The molecule has 0 bridgehead atoms. The quantitative estimate of drug-likeness (QED) is 0.288. The van der Waals surface area contributed by atoms with Gasteiger partial charge in [-0.1, -0.05) is 70.2 Å². The van der Waals surface area contributed by atoms with Gasteiger partial charge in [-0.2, -0.15) is 0 Å². The number of rotatable bonds is 2. The summed E-state index contributed by atoms with van der Waals surface area (Å²) in [4.78, 5) is 0.150. The lowest BCUT2D eigenvalue weighted by atomic mass is 9.94. The topological polar surface area (TPSA) is 0 Å². The van der Waals surface area contributed by atoms with Crippen LogP contribution in [0, 0.1) is 0 Å². The highest BCUT2D eigenvalue weighted by atomic mass is 35.5. The van der Waals surface area contributed by atoms with Gasteiger partial charge in [-0.15, -0.1) is 11.6 Å². The second kappa shape index (κ2) is 11.8. The molecule has 2 heteroatoms. The predicted octanol–water partition coefficient (Wildman–Crippen LogP) is 7.09. The second-order valence-corrected chi connectivity index (χ2v) is 11.5. The Kier molecular flexibility index (Phi) is 10.8. The average Bonchev–Trinajstić information content (AvgIpc) is 2.41. The van der Waals surface area contributed by atoms with E-state index in [2.05, 4.69) is 25.2 Å². The van der Waals surface area contributed by atoms with Crippen molar-refractivity contribution >= 4 is 20.4 Å². The van der Waals surface area contributed by atoms with Crippen molar-refractivity contribution in [2.24, 2.45) is 0 Å². The van der Waals surface area contributed by atoms with E-state index in [9.17, 15) is 0 Å². The van der Waals surface area contributed by atoms with Crippen LogP contribution in [0.1, 0.15) is 83.5 Å². The molecule has 0 aromatic heterocycles. The fourth-order valence-corrected chi connectivity index (χ4v) is 6.65. The van der Waals surface area contributed by atoms with Crippen LogP contribution in [0.2, 0.25) is 19.1 Å². The molecule has 0 N–H and O–H groups in total. The van der Waals surface area contributed by atoms with Crippen LogP contribution in [0.25, 0.3) is 0 Å². The predicted molar refractivity (Wildman–Crippen MR) is 101 cm³/mol. The van der Waals surface area contributed by atoms with E-state index in [1.165, 1.54) is 89.5 Å². The fourth-order valence-electron chi connectivity index (χ4n) is 3.59. The molecule has 1 aliphatic rings. The Hall–Kier alpha value is 0.247. The molecule has 0 nitrogen and oxygen atoms in total. The van der Waals surface area contributed by atoms with Crippen LogP contribution >= 0.6 is 11.6 Å². The van der Waals surface area contributed by atoms with Crippen LogP contribution in [0.3, 0.4) is 0 Å². The Morgan fingerprint density at radius 3 is 1.67 bits per heavy atom. The van der Waals surface area contributed by atoms with Gasteiger partial charge in [0.05, 0.1) is 0 Å². The lowest BCUT2D eigenvalue weighted by molar-refractivity contribution is 0.459. The minimum absolute atomic E-state index is 0.150. The number of allylic oxidation sites excluding steroid dienone is 2. The number of hydrogen-bond donors (Lipinski definition) is 0. The highest BCUT2D eigenvalue weighted by molar-refractivity contribution is 6.57. The SMILES string of the molecule is C[SiH](C)CC1(Cl)CCCCCCC=CCCCCCCC1. The first-order chi connectivity index (χ1) is 10.1. The summed E-state index contributed by atoms with van der Waals surface area (Å²) in [6.07, 6.45) is 22.3. The molecular weight excluding hydrogens is 292 g/mol. The van der Waals surface area contributed by atoms with Crippen molar-refractivity contribution in [1.82, 2.24) is 0 Å². The fraction of sp³-hybridized carbons (Fsp3) is 0.895. The molecule has 0 aromatic rings. The second-order valence-electron chi connectivity index (χ2n) is 7.48. The monoisotopic (exact) mass is 328 g/mol. The van der Waals surface area contributed by atoms with Crippen LogP contribution in [-0.4, -0.2) is 13.7 Å². The minimum Gasteiger partial charge on any atom is -0.120 e. The Balaban J connectivity index is 2.42. The van der Waals surface area contributed by atoms with E-state index < -0.39 is 8.80 Å². The Labute approximate surface area is 140 Å². The molecule has 0 radical (unpaired) electrons. The molecule has 0 fully saturated rings. The largest absolute Gasteiger partial charge is 0.120 e. The highest BCUT2D eigenvalue weighted by Gasteiger charge is 2.27. The summed E-state index contributed by atoms with van der Waals surface area (Å²) in [5.41, 5.74) is 0. The number of hydrogen-bond acceptors (Lipinski definition) is 0. The van der Waals surface area contributed by atoms with Gasteiger partial charge in [0.1, 0.15) is 0 Å². The van der Waals surface area contributed by atoms with E-state index in [4.69, 9.17) is 11.6 Å². The molecule has 21 heavy (non-hydrogen) atoms. The standard InChI is InChI=1S/C19H37ClSi/c1-21(2)18-19(20)16-14-12-10-8-6-4-3-5-7-9-11-13-15-17-19/h3-4,21H,5-18H2,1-2H3. The van der Waals surface area contributed by atoms with Gasteiger partial charge in [-0.3, -0.25) is 0 Å². The molecule has 1 rings (SSSR count). The first kappa shape index (κ1) is 19.3. The zero-order valence-corrected chi connectivity index (χ0v) is 16.4. The van der Waals surface area contributed by atoms with Gasteiger partial charge in [0, 0.05) is 13.7 Å². The normalized spacial score (nSPS) is 27.8. The summed E-state index contributed by atoms with van der Waals surface area (Å²) in [6.45, 7) is 4.91. The van der Waals surface area contributed by atoms with Crippen molar-refractivity contribution in [1.29, 1.82) is 0 Å². The third kappa shape index (κ3) is 10.6.